The third kappa shape index (κ3) is 4.96. The smallest absolute Gasteiger partial charge is 0.339 e. The molecule has 0 saturated carbocycles. The van der Waals surface area contributed by atoms with E-state index in [1.165, 1.54) is 17.0 Å². The van der Waals surface area contributed by atoms with E-state index >= 15 is 0 Å². The van der Waals surface area contributed by atoms with Gasteiger partial charge in [0.15, 0.2) is 6.61 Å². The Balaban J connectivity index is 1.80. The van der Waals surface area contributed by atoms with Crippen LogP contribution in [0.3, 0.4) is 0 Å². The molecule has 0 bridgehead atoms. The van der Waals surface area contributed by atoms with E-state index in [0.29, 0.717) is 22.2 Å². The lowest BCUT2D eigenvalue weighted by Gasteiger charge is -2.12. The Morgan fingerprint density at radius 1 is 1.07 bits per heavy atom. The van der Waals surface area contributed by atoms with Crippen LogP contribution in [0, 0.1) is 5.82 Å². The number of esters is 1. The molecule has 8 heteroatoms. The Labute approximate surface area is 172 Å². The second kappa shape index (κ2) is 9.13. The number of amides is 2. The van der Waals surface area contributed by atoms with E-state index in [1.807, 2.05) is 0 Å². The van der Waals surface area contributed by atoms with E-state index in [0.717, 1.165) is 0 Å². The van der Waals surface area contributed by atoms with Crippen LogP contribution in [0.25, 0.3) is 22.2 Å². The van der Waals surface area contributed by atoms with E-state index in [4.69, 9.17) is 4.74 Å². The van der Waals surface area contributed by atoms with E-state index in [1.54, 1.807) is 56.6 Å². The first-order valence-corrected chi connectivity index (χ1v) is 9.15. The van der Waals surface area contributed by atoms with Gasteiger partial charge in [-0.3, -0.25) is 9.59 Å². The second-order valence-electron chi connectivity index (χ2n) is 6.72. The number of carbonyl (C=O) groups is 3. The summed E-state index contributed by atoms with van der Waals surface area (Å²) in [5.41, 5.74) is 1.90. The van der Waals surface area contributed by atoms with E-state index < -0.39 is 18.5 Å². The van der Waals surface area contributed by atoms with Crippen molar-refractivity contribution in [2.24, 2.45) is 0 Å². The summed E-state index contributed by atoms with van der Waals surface area (Å²) in [5, 5.41) is 2.96. The molecule has 0 aliphatic rings. The van der Waals surface area contributed by atoms with Gasteiger partial charge in [0, 0.05) is 25.0 Å². The topological polar surface area (TPSA) is 88.6 Å². The summed E-state index contributed by atoms with van der Waals surface area (Å²) in [6, 6.07) is 14.3. The number of halogens is 1. The van der Waals surface area contributed by atoms with Crippen molar-refractivity contribution in [1.82, 2.24) is 15.2 Å². The molecule has 7 nitrogen and oxygen atoms in total. The summed E-state index contributed by atoms with van der Waals surface area (Å²) >= 11 is 0. The molecule has 0 spiro atoms. The maximum atomic E-state index is 13.2. The molecule has 0 unspecified atom stereocenters. The highest BCUT2D eigenvalue weighted by Gasteiger charge is 2.17. The number of fused-ring (bicyclic) bond motifs is 1. The number of nitrogens with one attached hydrogen (secondary N) is 1. The molecule has 3 aromatic rings. The van der Waals surface area contributed by atoms with Crippen molar-refractivity contribution < 1.29 is 23.5 Å². The number of hydrogen-bond acceptors (Lipinski definition) is 5. The summed E-state index contributed by atoms with van der Waals surface area (Å²) in [6.07, 6.45) is 0. The number of nitrogens with zero attached hydrogens (tertiary/aromatic N) is 2. The summed E-state index contributed by atoms with van der Waals surface area (Å²) < 4.78 is 18.4. The lowest BCUT2D eigenvalue weighted by atomic mass is 10.0. The minimum atomic E-state index is -0.703. The van der Waals surface area contributed by atoms with Crippen molar-refractivity contribution in [2.45, 2.75) is 0 Å². The number of pyridine rings is 1. The lowest BCUT2D eigenvalue weighted by Crippen LogP contribution is -2.38. The van der Waals surface area contributed by atoms with Crippen LogP contribution in [0.4, 0.5) is 4.39 Å². The minimum Gasteiger partial charge on any atom is -0.452 e. The first-order chi connectivity index (χ1) is 14.3. The van der Waals surface area contributed by atoms with Gasteiger partial charge in [0.2, 0.25) is 5.91 Å². The molecular weight excluding hydrogens is 389 g/mol. The van der Waals surface area contributed by atoms with Crippen LogP contribution < -0.4 is 5.32 Å². The predicted molar refractivity (Wildman–Crippen MR) is 109 cm³/mol. The van der Waals surface area contributed by atoms with Crippen LogP contribution >= 0.6 is 0 Å². The van der Waals surface area contributed by atoms with Crippen molar-refractivity contribution in [2.75, 3.05) is 27.2 Å². The van der Waals surface area contributed by atoms with Gasteiger partial charge in [0.25, 0.3) is 5.91 Å². The van der Waals surface area contributed by atoms with E-state index in [9.17, 15) is 18.8 Å². The fraction of sp³-hybridized carbons (Fsp3) is 0.182. The standard InChI is InChI=1S/C22H20FN3O4/c1-26(2)21(28)12-24-20(27)13-30-22(29)17-11-19(14-7-9-15(23)10-8-14)25-18-6-4-3-5-16(17)18/h3-11H,12-13H2,1-2H3,(H,24,27). The quantitative estimate of drug-likeness (QED) is 0.632. The van der Waals surface area contributed by atoms with Gasteiger partial charge in [-0.25, -0.2) is 14.2 Å². The van der Waals surface area contributed by atoms with Crippen LogP contribution in [0.1, 0.15) is 10.4 Å². The molecule has 1 heterocycles. The Bertz CT molecular complexity index is 1100. The van der Waals surface area contributed by atoms with Crippen molar-refractivity contribution in [1.29, 1.82) is 0 Å². The zero-order chi connectivity index (χ0) is 21.7. The maximum Gasteiger partial charge on any atom is 0.339 e. The fourth-order valence-corrected chi connectivity index (χ4v) is 2.71. The Morgan fingerprint density at radius 3 is 2.47 bits per heavy atom. The molecule has 0 saturated heterocycles. The van der Waals surface area contributed by atoms with Gasteiger partial charge in [-0.2, -0.15) is 0 Å². The number of likely N-dealkylation sites (N-methyl/N-ethyl adjacent to an activating group) is 1. The predicted octanol–water partition coefficient (Wildman–Crippen LogP) is 2.40. The third-order valence-corrected chi connectivity index (χ3v) is 4.35. The number of benzene rings is 2. The molecule has 0 aliphatic carbocycles. The zero-order valence-electron chi connectivity index (χ0n) is 16.5. The molecule has 0 fully saturated rings. The number of ether oxygens (including phenoxy) is 1. The number of rotatable bonds is 6. The van der Waals surface area contributed by atoms with Crippen LogP contribution in [-0.2, 0) is 14.3 Å². The summed E-state index contributed by atoms with van der Waals surface area (Å²) in [6.45, 7) is -0.710. The van der Waals surface area contributed by atoms with Crippen LogP contribution in [0.2, 0.25) is 0 Å². The van der Waals surface area contributed by atoms with Gasteiger partial charge >= 0.3 is 5.97 Å². The van der Waals surface area contributed by atoms with Crippen LogP contribution in [-0.4, -0.2) is 54.9 Å². The highest BCUT2D eigenvalue weighted by atomic mass is 19.1. The molecule has 1 N–H and O–H groups in total. The van der Waals surface area contributed by atoms with Gasteiger partial charge in [0.05, 0.1) is 23.3 Å². The van der Waals surface area contributed by atoms with Crippen LogP contribution in [0.15, 0.2) is 54.6 Å². The largest absolute Gasteiger partial charge is 0.452 e. The summed E-state index contributed by atoms with van der Waals surface area (Å²) in [7, 11) is 3.14. The molecule has 1 aromatic heterocycles. The molecule has 0 atom stereocenters. The van der Waals surface area contributed by atoms with Gasteiger partial charge in [0.1, 0.15) is 5.82 Å². The summed E-state index contributed by atoms with van der Waals surface area (Å²) in [4.78, 5) is 42.0. The molecule has 0 radical (unpaired) electrons. The normalized spacial score (nSPS) is 10.5. The Morgan fingerprint density at radius 2 is 1.77 bits per heavy atom. The van der Waals surface area contributed by atoms with Gasteiger partial charge in [-0.1, -0.05) is 18.2 Å². The lowest BCUT2D eigenvalue weighted by molar-refractivity contribution is -0.131. The highest BCUT2D eigenvalue weighted by molar-refractivity contribution is 6.05. The van der Waals surface area contributed by atoms with Crippen molar-refractivity contribution in [3.8, 4) is 11.3 Å². The molecule has 0 aliphatic heterocycles. The molecule has 3 rings (SSSR count). The highest BCUT2D eigenvalue weighted by Crippen LogP contribution is 2.25. The number of para-hydroxylation sites is 1. The van der Waals surface area contributed by atoms with Gasteiger partial charge in [-0.15, -0.1) is 0 Å². The molecule has 154 valence electrons. The van der Waals surface area contributed by atoms with Gasteiger partial charge < -0.3 is 15.0 Å². The first kappa shape index (κ1) is 20.9. The van der Waals surface area contributed by atoms with E-state index in [2.05, 4.69) is 10.3 Å². The van der Waals surface area contributed by atoms with Crippen molar-refractivity contribution in [3.05, 3.63) is 66.0 Å². The third-order valence-electron chi connectivity index (χ3n) is 4.35. The Hall–Kier alpha value is -3.81. The molecule has 2 amide bonds. The number of hydrogen-bond donors (Lipinski definition) is 1. The average Bonchev–Trinajstić information content (AvgIpc) is 2.75. The number of aromatic nitrogens is 1. The first-order valence-electron chi connectivity index (χ1n) is 9.15. The molecular formula is C22H20FN3O4. The fourth-order valence-electron chi connectivity index (χ4n) is 2.71. The monoisotopic (exact) mass is 409 g/mol. The number of carbonyl (C=O) groups excluding carboxylic acids is 3. The Kier molecular flexibility index (Phi) is 6.36. The van der Waals surface area contributed by atoms with Crippen molar-refractivity contribution in [3.63, 3.8) is 0 Å². The van der Waals surface area contributed by atoms with Crippen molar-refractivity contribution >= 4 is 28.7 Å². The average molecular weight is 409 g/mol. The van der Waals surface area contributed by atoms with Crippen LogP contribution in [0.5, 0.6) is 0 Å². The second-order valence-corrected chi connectivity index (χ2v) is 6.72. The van der Waals surface area contributed by atoms with E-state index in [-0.39, 0.29) is 23.8 Å². The minimum absolute atomic E-state index is 0.184. The SMILES string of the molecule is CN(C)C(=O)CNC(=O)COC(=O)c1cc(-c2ccc(F)cc2)nc2ccccc12. The van der Waals surface area contributed by atoms with Gasteiger partial charge in [-0.05, 0) is 36.4 Å². The molecule has 30 heavy (non-hydrogen) atoms. The molecule has 2 aromatic carbocycles. The summed E-state index contributed by atoms with van der Waals surface area (Å²) in [5.74, 6) is -1.95. The maximum absolute atomic E-state index is 13.2. The zero-order valence-corrected chi connectivity index (χ0v) is 16.5.